The lowest BCUT2D eigenvalue weighted by atomic mass is 10.2. The van der Waals surface area contributed by atoms with E-state index in [0.717, 1.165) is 4.90 Å². The summed E-state index contributed by atoms with van der Waals surface area (Å²) in [5.41, 5.74) is 0.294. The molecule has 9 heteroatoms. The van der Waals surface area contributed by atoms with Crippen molar-refractivity contribution in [1.82, 2.24) is 4.90 Å². The number of carbonyl (C=O) groups excluding carboxylic acids is 3. The van der Waals surface area contributed by atoms with Crippen molar-refractivity contribution in [2.45, 2.75) is 20.0 Å². The lowest BCUT2D eigenvalue weighted by Gasteiger charge is -2.13. The fourth-order valence-electron chi connectivity index (χ4n) is 1.95. The number of rotatable bonds is 5. The van der Waals surface area contributed by atoms with Crippen LogP contribution in [0.3, 0.4) is 0 Å². The van der Waals surface area contributed by atoms with Crippen molar-refractivity contribution in [2.24, 2.45) is 0 Å². The fraction of sp³-hybridized carbons (Fsp3) is 0.267. The quantitative estimate of drug-likeness (QED) is 0.348. The maximum absolute atomic E-state index is 12.2. The Bertz CT molecular complexity index is 743. The predicted molar refractivity (Wildman–Crippen MR) is 87.0 cm³/mol. The number of nitro groups is 1. The van der Waals surface area contributed by atoms with Crippen LogP contribution in [0.2, 0.25) is 0 Å². The summed E-state index contributed by atoms with van der Waals surface area (Å²) in [6, 6.07) is 5.67. The number of esters is 1. The average Bonchev–Trinajstić information content (AvgIpc) is 2.74. The van der Waals surface area contributed by atoms with E-state index in [9.17, 15) is 24.5 Å². The van der Waals surface area contributed by atoms with Crippen LogP contribution >= 0.6 is 11.8 Å². The molecule has 1 aliphatic rings. The van der Waals surface area contributed by atoms with E-state index in [-0.39, 0.29) is 16.7 Å². The second-order valence-corrected chi connectivity index (χ2v) is 6.15. The maximum atomic E-state index is 12.2. The van der Waals surface area contributed by atoms with Gasteiger partial charge in [-0.15, -0.1) is 0 Å². The first-order valence-corrected chi connectivity index (χ1v) is 7.79. The van der Waals surface area contributed by atoms with Gasteiger partial charge in [-0.1, -0.05) is 12.1 Å². The Hall–Kier alpha value is -2.68. The van der Waals surface area contributed by atoms with Gasteiger partial charge in [0, 0.05) is 12.1 Å². The Balaban J connectivity index is 2.17. The molecule has 0 saturated carbocycles. The Kier molecular flexibility index (Phi) is 5.35. The normalized spacial score (nSPS) is 16.1. The van der Waals surface area contributed by atoms with E-state index < -0.39 is 28.6 Å². The molecule has 0 bridgehead atoms. The van der Waals surface area contributed by atoms with Gasteiger partial charge in [0.25, 0.3) is 16.8 Å². The maximum Gasteiger partial charge on any atom is 0.326 e. The van der Waals surface area contributed by atoms with E-state index in [2.05, 4.69) is 0 Å². The van der Waals surface area contributed by atoms with Crippen molar-refractivity contribution >= 4 is 40.6 Å². The summed E-state index contributed by atoms with van der Waals surface area (Å²) >= 11 is 0.673. The van der Waals surface area contributed by atoms with Gasteiger partial charge in [-0.2, -0.15) is 0 Å². The monoisotopic (exact) mass is 350 g/mol. The Morgan fingerprint density at radius 2 is 2.12 bits per heavy atom. The van der Waals surface area contributed by atoms with Crippen LogP contribution in [-0.4, -0.2) is 39.6 Å². The van der Waals surface area contributed by atoms with Crippen LogP contribution in [0.5, 0.6) is 0 Å². The van der Waals surface area contributed by atoms with Crippen molar-refractivity contribution in [3.63, 3.8) is 0 Å². The zero-order chi connectivity index (χ0) is 17.9. The smallest absolute Gasteiger partial charge is 0.326 e. The van der Waals surface area contributed by atoms with Crippen LogP contribution in [0.25, 0.3) is 6.08 Å². The van der Waals surface area contributed by atoms with Crippen LogP contribution in [0.1, 0.15) is 19.4 Å². The van der Waals surface area contributed by atoms with Crippen molar-refractivity contribution in [2.75, 3.05) is 6.54 Å². The summed E-state index contributed by atoms with van der Waals surface area (Å²) in [7, 11) is 0. The number of ether oxygens (including phenoxy) is 1. The van der Waals surface area contributed by atoms with E-state index in [0.29, 0.717) is 17.3 Å². The third-order valence-corrected chi connectivity index (χ3v) is 3.81. The van der Waals surface area contributed by atoms with E-state index in [1.165, 1.54) is 24.3 Å². The van der Waals surface area contributed by atoms with Crippen LogP contribution in [-0.2, 0) is 14.3 Å². The summed E-state index contributed by atoms with van der Waals surface area (Å²) in [6.45, 7) is 2.86. The molecule has 0 aromatic heterocycles. The van der Waals surface area contributed by atoms with Gasteiger partial charge in [0.2, 0.25) is 0 Å². The molecular formula is C15H14N2O6S. The largest absolute Gasteiger partial charge is 0.462 e. The highest BCUT2D eigenvalue weighted by Crippen LogP contribution is 2.32. The van der Waals surface area contributed by atoms with Crippen LogP contribution in [0, 0.1) is 10.1 Å². The number of amides is 2. The minimum atomic E-state index is -0.677. The molecule has 1 heterocycles. The number of hydrogen-bond acceptors (Lipinski definition) is 7. The van der Waals surface area contributed by atoms with Gasteiger partial charge in [0.05, 0.1) is 15.9 Å². The minimum Gasteiger partial charge on any atom is -0.462 e. The van der Waals surface area contributed by atoms with Gasteiger partial charge in [0.1, 0.15) is 6.54 Å². The van der Waals surface area contributed by atoms with Gasteiger partial charge >= 0.3 is 5.97 Å². The highest BCUT2D eigenvalue weighted by atomic mass is 32.2. The molecule has 1 aromatic rings. The molecule has 8 nitrogen and oxygen atoms in total. The zero-order valence-electron chi connectivity index (χ0n) is 12.9. The highest BCUT2D eigenvalue weighted by Gasteiger charge is 2.36. The second kappa shape index (κ2) is 7.26. The summed E-state index contributed by atoms with van der Waals surface area (Å²) < 4.78 is 4.92. The number of nitrogens with zero attached hydrogens (tertiary/aromatic N) is 2. The van der Waals surface area contributed by atoms with E-state index in [1.807, 2.05) is 0 Å². The Morgan fingerprint density at radius 1 is 1.42 bits per heavy atom. The number of carbonyl (C=O) groups is 3. The van der Waals surface area contributed by atoms with Crippen molar-refractivity contribution in [3.8, 4) is 0 Å². The topological polar surface area (TPSA) is 107 Å². The molecular weight excluding hydrogens is 336 g/mol. The molecule has 0 aliphatic carbocycles. The number of benzene rings is 1. The molecule has 2 rings (SSSR count). The molecule has 1 aliphatic heterocycles. The molecule has 0 unspecified atom stereocenters. The van der Waals surface area contributed by atoms with Gasteiger partial charge in [-0.05, 0) is 37.2 Å². The van der Waals surface area contributed by atoms with Crippen molar-refractivity contribution in [1.29, 1.82) is 0 Å². The molecule has 1 aromatic carbocycles. The third-order valence-electron chi connectivity index (χ3n) is 2.91. The van der Waals surface area contributed by atoms with Crippen molar-refractivity contribution in [3.05, 3.63) is 44.8 Å². The van der Waals surface area contributed by atoms with E-state index in [4.69, 9.17) is 4.74 Å². The Labute approximate surface area is 141 Å². The lowest BCUT2D eigenvalue weighted by Crippen LogP contribution is -2.35. The van der Waals surface area contributed by atoms with Crippen LogP contribution in [0.15, 0.2) is 29.2 Å². The molecule has 1 fully saturated rings. The summed E-state index contributed by atoms with van der Waals surface area (Å²) in [5, 5.41) is 10.2. The second-order valence-electron chi connectivity index (χ2n) is 5.16. The molecule has 0 N–H and O–H groups in total. The van der Waals surface area contributed by atoms with Gasteiger partial charge in [0.15, 0.2) is 0 Å². The number of non-ortho nitro benzene ring substituents is 1. The van der Waals surface area contributed by atoms with E-state index in [1.54, 1.807) is 19.9 Å². The fourth-order valence-corrected chi connectivity index (χ4v) is 2.78. The molecule has 0 atom stereocenters. The molecule has 126 valence electrons. The van der Waals surface area contributed by atoms with Crippen molar-refractivity contribution < 1.29 is 24.0 Å². The van der Waals surface area contributed by atoms with E-state index >= 15 is 0 Å². The molecule has 2 amide bonds. The molecule has 1 saturated heterocycles. The minimum absolute atomic E-state index is 0.0952. The van der Waals surface area contributed by atoms with Gasteiger partial charge < -0.3 is 4.74 Å². The highest BCUT2D eigenvalue weighted by molar-refractivity contribution is 8.18. The number of nitro benzene ring substituents is 1. The standard InChI is InChI=1S/C15H14N2O6S/c1-9(2)23-13(18)8-16-14(19)12(24-15(16)20)7-10-4-3-5-11(6-10)17(21)22/h3-7,9H,8H2,1-2H3/b12-7-. The van der Waals surface area contributed by atoms with Crippen LogP contribution in [0.4, 0.5) is 10.5 Å². The number of hydrogen-bond donors (Lipinski definition) is 0. The predicted octanol–water partition coefficient (Wildman–Crippen LogP) is 2.58. The first-order valence-electron chi connectivity index (χ1n) is 6.97. The Morgan fingerprint density at radius 3 is 2.75 bits per heavy atom. The number of imide groups is 1. The average molecular weight is 350 g/mol. The third kappa shape index (κ3) is 4.19. The van der Waals surface area contributed by atoms with Gasteiger partial charge in [-0.25, -0.2) is 0 Å². The summed E-state index contributed by atoms with van der Waals surface area (Å²) in [4.78, 5) is 46.8. The SMILES string of the molecule is CC(C)OC(=O)CN1C(=O)S/C(=C\c2cccc([N+](=O)[O-])c2)C1=O. The first-order chi connectivity index (χ1) is 11.3. The van der Waals surface area contributed by atoms with Gasteiger partial charge in [-0.3, -0.25) is 29.4 Å². The van der Waals surface area contributed by atoms with Crippen LogP contribution < -0.4 is 0 Å². The molecule has 0 radical (unpaired) electrons. The summed E-state index contributed by atoms with van der Waals surface area (Å²) in [5.74, 6) is -1.30. The molecule has 0 spiro atoms. The summed E-state index contributed by atoms with van der Waals surface area (Å²) in [6.07, 6.45) is 1.03. The lowest BCUT2D eigenvalue weighted by molar-refractivity contribution is -0.384. The zero-order valence-corrected chi connectivity index (χ0v) is 13.7. The number of thioether (sulfide) groups is 1. The molecule has 24 heavy (non-hydrogen) atoms. The first kappa shape index (κ1) is 17.7.